The molecule has 0 aliphatic carbocycles. The summed E-state index contributed by atoms with van der Waals surface area (Å²) in [6.07, 6.45) is -0.176. The number of aromatic nitrogens is 2. The van der Waals surface area contributed by atoms with Crippen LogP contribution in [0.2, 0.25) is 0 Å². The molecule has 0 radical (unpaired) electrons. The fourth-order valence-corrected chi connectivity index (χ4v) is 5.46. The predicted octanol–water partition coefficient (Wildman–Crippen LogP) is 4.70. The Morgan fingerprint density at radius 1 is 0.891 bits per heavy atom. The molecule has 0 N–H and O–H groups in total. The van der Waals surface area contributed by atoms with E-state index < -0.39 is 59.9 Å². The molecule has 0 unspecified atom stereocenters. The fourth-order valence-electron chi connectivity index (χ4n) is 5.46. The third-order valence-corrected chi connectivity index (χ3v) is 7.76. The maximum Gasteiger partial charge on any atom is 0.332 e. The Balaban J connectivity index is 1.54. The molecule has 46 heavy (non-hydrogen) atoms. The molecule has 1 aromatic heterocycles. The van der Waals surface area contributed by atoms with Crippen molar-refractivity contribution >= 4 is 17.3 Å². The lowest BCUT2D eigenvalue weighted by molar-refractivity contribution is -0.119. The van der Waals surface area contributed by atoms with Crippen molar-refractivity contribution in [1.29, 1.82) is 0 Å². The van der Waals surface area contributed by atoms with Gasteiger partial charge in [0, 0.05) is 31.3 Å². The van der Waals surface area contributed by atoms with Crippen molar-refractivity contribution in [2.45, 2.75) is 38.1 Å². The van der Waals surface area contributed by atoms with Crippen LogP contribution in [0.1, 0.15) is 30.0 Å². The quantitative estimate of drug-likeness (QED) is 0.164. The van der Waals surface area contributed by atoms with Crippen molar-refractivity contribution in [2.24, 2.45) is 0 Å². The van der Waals surface area contributed by atoms with E-state index in [0.717, 1.165) is 34.9 Å². The SMILES string of the molecule is COc1cc(Cn2c(=O)c3cc(OC(CF)CF)c(F)cc3n(C3CCN(C=O)CC3)c2=O)ccc1OCc1cc(F)cc(F)c1. The van der Waals surface area contributed by atoms with Gasteiger partial charge in [-0.3, -0.25) is 18.7 Å². The number of carbonyl (C=O) groups excluding carboxylic acids is 1. The van der Waals surface area contributed by atoms with Crippen LogP contribution < -0.4 is 25.5 Å². The number of likely N-dealkylation sites (tertiary alicyclic amines) is 1. The van der Waals surface area contributed by atoms with Crippen LogP contribution in [-0.2, 0) is 17.9 Å². The van der Waals surface area contributed by atoms with Gasteiger partial charge in [0.1, 0.15) is 31.6 Å². The van der Waals surface area contributed by atoms with Crippen LogP contribution in [0, 0.1) is 17.5 Å². The number of halogens is 5. The molecule has 4 aromatic rings. The zero-order chi connectivity index (χ0) is 33.0. The van der Waals surface area contributed by atoms with E-state index in [1.165, 1.54) is 23.8 Å². The zero-order valence-electron chi connectivity index (χ0n) is 24.7. The first-order chi connectivity index (χ1) is 22.1. The highest BCUT2D eigenvalue weighted by atomic mass is 19.1. The summed E-state index contributed by atoms with van der Waals surface area (Å²) in [4.78, 5) is 40.5. The van der Waals surface area contributed by atoms with E-state index >= 15 is 4.39 Å². The summed E-state index contributed by atoms with van der Waals surface area (Å²) in [6.45, 7) is -2.21. The highest BCUT2D eigenvalue weighted by Gasteiger charge is 2.26. The minimum absolute atomic E-state index is 0.0205. The first-order valence-corrected chi connectivity index (χ1v) is 14.4. The van der Waals surface area contributed by atoms with Crippen LogP contribution in [0.3, 0.4) is 0 Å². The summed E-state index contributed by atoms with van der Waals surface area (Å²) in [6, 6.07) is 9.08. The minimum Gasteiger partial charge on any atom is -0.493 e. The minimum atomic E-state index is -1.58. The number of carbonyl (C=O) groups is 1. The number of fused-ring (bicyclic) bond motifs is 1. The molecule has 244 valence electrons. The second kappa shape index (κ2) is 14.0. The summed E-state index contributed by atoms with van der Waals surface area (Å²) < 4.78 is 87.2. The van der Waals surface area contributed by atoms with Crippen LogP contribution >= 0.6 is 0 Å². The molecular weight excluding hydrogens is 617 g/mol. The van der Waals surface area contributed by atoms with Crippen LogP contribution in [0.25, 0.3) is 10.9 Å². The molecule has 1 saturated heterocycles. The Bertz CT molecular complexity index is 1830. The Kier molecular flexibility index (Phi) is 9.93. The molecule has 1 amide bonds. The first-order valence-electron chi connectivity index (χ1n) is 14.4. The van der Waals surface area contributed by atoms with Crippen molar-refractivity contribution in [3.8, 4) is 17.2 Å². The van der Waals surface area contributed by atoms with Gasteiger partial charge in [-0.05, 0) is 54.3 Å². The van der Waals surface area contributed by atoms with Gasteiger partial charge in [0.15, 0.2) is 29.2 Å². The summed E-state index contributed by atoms with van der Waals surface area (Å²) in [5, 5.41) is -0.112. The van der Waals surface area contributed by atoms with Crippen LogP contribution in [0.4, 0.5) is 22.0 Å². The number of nitrogens with zero attached hydrogens (tertiary/aromatic N) is 3. The number of hydrogen-bond donors (Lipinski definition) is 0. The lowest BCUT2D eigenvalue weighted by atomic mass is 10.0. The molecule has 1 aliphatic heterocycles. The summed E-state index contributed by atoms with van der Waals surface area (Å²) in [5.74, 6) is -2.62. The number of rotatable bonds is 12. The Hall–Kier alpha value is -4.88. The summed E-state index contributed by atoms with van der Waals surface area (Å²) >= 11 is 0. The zero-order valence-corrected chi connectivity index (χ0v) is 24.7. The van der Waals surface area contributed by atoms with E-state index in [-0.39, 0.29) is 41.1 Å². The average Bonchev–Trinajstić information content (AvgIpc) is 3.05. The van der Waals surface area contributed by atoms with E-state index in [9.17, 15) is 31.9 Å². The van der Waals surface area contributed by atoms with Gasteiger partial charge < -0.3 is 19.1 Å². The highest BCUT2D eigenvalue weighted by molar-refractivity contribution is 5.80. The number of ether oxygens (including phenoxy) is 3. The molecule has 0 bridgehead atoms. The van der Waals surface area contributed by atoms with Crippen molar-refractivity contribution in [2.75, 3.05) is 33.5 Å². The molecule has 5 rings (SSSR count). The van der Waals surface area contributed by atoms with Gasteiger partial charge in [-0.2, -0.15) is 0 Å². The number of alkyl halides is 2. The van der Waals surface area contributed by atoms with E-state index in [4.69, 9.17) is 14.2 Å². The van der Waals surface area contributed by atoms with Crippen LogP contribution in [0.15, 0.2) is 58.1 Å². The van der Waals surface area contributed by atoms with E-state index in [0.29, 0.717) is 37.9 Å². The van der Waals surface area contributed by atoms with Crippen molar-refractivity contribution in [1.82, 2.24) is 14.0 Å². The third-order valence-electron chi connectivity index (χ3n) is 7.76. The number of amides is 1. The lowest BCUT2D eigenvalue weighted by Gasteiger charge is -2.31. The Morgan fingerprint density at radius 2 is 1.59 bits per heavy atom. The van der Waals surface area contributed by atoms with Gasteiger partial charge in [0.05, 0.1) is 24.6 Å². The summed E-state index contributed by atoms with van der Waals surface area (Å²) in [7, 11) is 1.37. The van der Waals surface area contributed by atoms with Gasteiger partial charge in [-0.25, -0.2) is 26.7 Å². The van der Waals surface area contributed by atoms with Crippen LogP contribution in [-0.4, -0.2) is 60.1 Å². The van der Waals surface area contributed by atoms with Crippen molar-refractivity contribution < 1.29 is 41.0 Å². The first kappa shape index (κ1) is 32.5. The second-order valence-electron chi connectivity index (χ2n) is 10.8. The number of hydrogen-bond acceptors (Lipinski definition) is 6. The van der Waals surface area contributed by atoms with E-state index in [2.05, 4.69) is 0 Å². The molecule has 2 heterocycles. The number of benzene rings is 3. The molecule has 1 fully saturated rings. The Morgan fingerprint density at radius 3 is 2.22 bits per heavy atom. The molecule has 0 spiro atoms. The van der Waals surface area contributed by atoms with Gasteiger partial charge >= 0.3 is 5.69 Å². The monoisotopic (exact) mass is 647 g/mol. The molecule has 0 saturated carbocycles. The number of piperidine rings is 1. The van der Waals surface area contributed by atoms with Gasteiger partial charge in [0.2, 0.25) is 6.41 Å². The average molecular weight is 648 g/mol. The third kappa shape index (κ3) is 6.85. The van der Waals surface area contributed by atoms with Crippen LogP contribution in [0.5, 0.6) is 17.2 Å². The van der Waals surface area contributed by atoms with Crippen molar-refractivity contribution in [3.63, 3.8) is 0 Å². The maximum atomic E-state index is 15.1. The fraction of sp³-hybridized carbons (Fsp3) is 0.344. The van der Waals surface area contributed by atoms with Gasteiger partial charge in [-0.1, -0.05) is 6.07 Å². The van der Waals surface area contributed by atoms with E-state index in [1.54, 1.807) is 11.0 Å². The Labute approximate surface area is 259 Å². The smallest absolute Gasteiger partial charge is 0.332 e. The normalized spacial score (nSPS) is 13.8. The molecule has 1 aliphatic rings. The second-order valence-corrected chi connectivity index (χ2v) is 10.8. The standard InChI is InChI=1S/C32H30F5N3O6/c1-44-30-10-19(2-3-28(30)45-17-20-8-21(35)11-22(36)9-20)16-39-31(42)25-12-29(46-24(14-33)15-34)26(37)13-27(25)40(32(39)43)23-4-6-38(18-41)7-5-23/h2-3,8-13,18,23-24H,4-7,14-17H2,1H3. The van der Waals surface area contributed by atoms with E-state index in [1.807, 2.05) is 0 Å². The topological polar surface area (TPSA) is 92.0 Å². The van der Waals surface area contributed by atoms with Gasteiger partial charge in [-0.15, -0.1) is 0 Å². The highest BCUT2D eigenvalue weighted by Crippen LogP contribution is 2.31. The molecule has 3 aromatic carbocycles. The molecule has 9 nitrogen and oxygen atoms in total. The molecule has 14 heteroatoms. The molecular formula is C32H30F5N3O6. The summed E-state index contributed by atoms with van der Waals surface area (Å²) in [5.41, 5.74) is -0.859. The number of methoxy groups -OCH3 is 1. The lowest BCUT2D eigenvalue weighted by Crippen LogP contribution is -2.44. The molecule has 0 atom stereocenters. The maximum absolute atomic E-state index is 15.1. The van der Waals surface area contributed by atoms with Crippen molar-refractivity contribution in [3.05, 3.63) is 97.9 Å². The predicted molar refractivity (Wildman–Crippen MR) is 157 cm³/mol. The largest absolute Gasteiger partial charge is 0.493 e. The van der Waals surface area contributed by atoms with Gasteiger partial charge in [0.25, 0.3) is 5.56 Å².